The van der Waals surface area contributed by atoms with Crippen LogP contribution in [-0.4, -0.2) is 59.3 Å². The SMILES string of the molecule is CCC(CNC(=O)CSc1nnc(N2CCOCC2)n1C1CC1)c1ccccc1. The van der Waals surface area contributed by atoms with Gasteiger partial charge in [-0.15, -0.1) is 10.2 Å². The second-order valence-corrected chi connectivity index (χ2v) is 8.53. The second-order valence-electron chi connectivity index (χ2n) is 7.59. The highest BCUT2D eigenvalue weighted by Gasteiger charge is 2.32. The third kappa shape index (κ3) is 5.11. The highest BCUT2D eigenvalue weighted by molar-refractivity contribution is 7.99. The molecule has 1 unspecified atom stereocenters. The maximum absolute atomic E-state index is 12.5. The second kappa shape index (κ2) is 9.63. The molecular weight excluding hydrogens is 386 g/mol. The van der Waals surface area contributed by atoms with Crippen molar-refractivity contribution in [3.63, 3.8) is 0 Å². The number of carbonyl (C=O) groups excluding carboxylic acids is 1. The number of hydrogen-bond acceptors (Lipinski definition) is 6. The molecule has 1 saturated carbocycles. The number of carbonyl (C=O) groups is 1. The van der Waals surface area contributed by atoms with Crippen LogP contribution in [0.3, 0.4) is 0 Å². The number of amides is 1. The minimum Gasteiger partial charge on any atom is -0.378 e. The van der Waals surface area contributed by atoms with Gasteiger partial charge in [-0.3, -0.25) is 9.36 Å². The number of ether oxygens (including phenoxy) is 1. The Morgan fingerprint density at radius 1 is 1.24 bits per heavy atom. The van der Waals surface area contributed by atoms with Crippen LogP contribution >= 0.6 is 11.8 Å². The summed E-state index contributed by atoms with van der Waals surface area (Å²) in [5.74, 6) is 1.67. The van der Waals surface area contributed by atoms with Gasteiger partial charge in [0.05, 0.1) is 19.0 Å². The topological polar surface area (TPSA) is 72.3 Å². The van der Waals surface area contributed by atoms with Crippen LogP contribution in [0.15, 0.2) is 35.5 Å². The summed E-state index contributed by atoms with van der Waals surface area (Å²) < 4.78 is 7.68. The van der Waals surface area contributed by atoms with Crippen molar-refractivity contribution >= 4 is 23.6 Å². The van der Waals surface area contributed by atoms with E-state index >= 15 is 0 Å². The highest BCUT2D eigenvalue weighted by atomic mass is 32.2. The van der Waals surface area contributed by atoms with Gasteiger partial charge >= 0.3 is 0 Å². The zero-order valence-electron chi connectivity index (χ0n) is 16.9. The van der Waals surface area contributed by atoms with E-state index in [1.54, 1.807) is 0 Å². The van der Waals surface area contributed by atoms with Crippen LogP contribution in [0.25, 0.3) is 0 Å². The fraction of sp³-hybridized carbons (Fsp3) is 0.571. The van der Waals surface area contributed by atoms with Crippen molar-refractivity contribution in [3.05, 3.63) is 35.9 Å². The zero-order valence-corrected chi connectivity index (χ0v) is 17.7. The molecule has 1 aromatic carbocycles. The Labute approximate surface area is 176 Å². The Bertz CT molecular complexity index is 803. The normalized spacial score (nSPS) is 17.9. The van der Waals surface area contributed by atoms with Crippen molar-refractivity contribution in [1.82, 2.24) is 20.1 Å². The fourth-order valence-electron chi connectivity index (χ4n) is 3.64. The lowest BCUT2D eigenvalue weighted by Crippen LogP contribution is -2.38. The molecule has 0 radical (unpaired) electrons. The van der Waals surface area contributed by atoms with Crippen LogP contribution in [0, 0.1) is 0 Å². The molecule has 1 aromatic heterocycles. The van der Waals surface area contributed by atoms with Crippen LogP contribution < -0.4 is 10.2 Å². The smallest absolute Gasteiger partial charge is 0.230 e. The number of thioether (sulfide) groups is 1. The molecule has 2 aromatic rings. The lowest BCUT2D eigenvalue weighted by atomic mass is 9.96. The quantitative estimate of drug-likeness (QED) is 0.635. The average Bonchev–Trinajstić information content (AvgIpc) is 3.53. The highest BCUT2D eigenvalue weighted by Crippen LogP contribution is 2.41. The molecule has 29 heavy (non-hydrogen) atoms. The van der Waals surface area contributed by atoms with Crippen molar-refractivity contribution in [2.24, 2.45) is 0 Å². The van der Waals surface area contributed by atoms with Crippen LogP contribution in [0.4, 0.5) is 5.95 Å². The molecule has 1 amide bonds. The molecular formula is C21H29N5O2S. The molecule has 1 aliphatic heterocycles. The zero-order chi connectivity index (χ0) is 20.1. The number of aromatic nitrogens is 3. The van der Waals surface area contributed by atoms with Crippen molar-refractivity contribution in [2.45, 2.75) is 43.3 Å². The molecule has 156 valence electrons. The third-order valence-corrected chi connectivity index (χ3v) is 6.44. The molecule has 7 nitrogen and oxygen atoms in total. The summed E-state index contributed by atoms with van der Waals surface area (Å²) >= 11 is 1.48. The van der Waals surface area contributed by atoms with Gasteiger partial charge in [0.2, 0.25) is 11.9 Å². The summed E-state index contributed by atoms with van der Waals surface area (Å²) in [6, 6.07) is 10.8. The first kappa shape index (κ1) is 20.2. The first-order chi connectivity index (χ1) is 14.3. The van der Waals surface area contributed by atoms with E-state index in [2.05, 4.69) is 44.0 Å². The molecule has 4 rings (SSSR count). The predicted molar refractivity (Wildman–Crippen MR) is 115 cm³/mol. The van der Waals surface area contributed by atoms with E-state index in [-0.39, 0.29) is 5.91 Å². The number of hydrogen-bond donors (Lipinski definition) is 1. The largest absolute Gasteiger partial charge is 0.378 e. The molecule has 1 N–H and O–H groups in total. The molecule has 1 aliphatic carbocycles. The van der Waals surface area contributed by atoms with Gasteiger partial charge in [-0.25, -0.2) is 0 Å². The first-order valence-electron chi connectivity index (χ1n) is 10.5. The van der Waals surface area contributed by atoms with Gasteiger partial charge in [0.15, 0.2) is 5.16 Å². The van der Waals surface area contributed by atoms with Gasteiger partial charge in [-0.05, 0) is 24.8 Å². The summed E-state index contributed by atoms with van der Waals surface area (Å²) in [5, 5.41) is 12.8. The van der Waals surface area contributed by atoms with E-state index in [1.807, 2.05) is 18.2 Å². The molecule has 1 atom stereocenters. The minimum absolute atomic E-state index is 0.0441. The van der Waals surface area contributed by atoms with Gasteiger partial charge < -0.3 is 15.0 Å². The molecule has 0 bridgehead atoms. The van der Waals surface area contributed by atoms with Crippen molar-refractivity contribution in [3.8, 4) is 0 Å². The Balaban J connectivity index is 1.33. The number of nitrogens with one attached hydrogen (secondary N) is 1. The number of benzene rings is 1. The van der Waals surface area contributed by atoms with Crippen molar-refractivity contribution < 1.29 is 9.53 Å². The van der Waals surface area contributed by atoms with Gasteiger partial charge in [-0.1, -0.05) is 49.0 Å². The van der Waals surface area contributed by atoms with E-state index in [0.29, 0.717) is 24.3 Å². The van der Waals surface area contributed by atoms with E-state index in [1.165, 1.54) is 17.3 Å². The molecule has 1 saturated heterocycles. The van der Waals surface area contributed by atoms with Crippen LogP contribution in [0.1, 0.15) is 43.7 Å². The summed E-state index contributed by atoms with van der Waals surface area (Å²) in [6.07, 6.45) is 3.31. The van der Waals surface area contributed by atoms with Crippen LogP contribution in [-0.2, 0) is 9.53 Å². The van der Waals surface area contributed by atoms with E-state index in [9.17, 15) is 4.79 Å². The molecule has 8 heteroatoms. The Morgan fingerprint density at radius 2 is 2.00 bits per heavy atom. The molecule has 2 heterocycles. The van der Waals surface area contributed by atoms with Crippen LogP contribution in [0.2, 0.25) is 0 Å². The predicted octanol–water partition coefficient (Wildman–Crippen LogP) is 2.85. The van der Waals surface area contributed by atoms with Gasteiger partial charge in [-0.2, -0.15) is 0 Å². The lowest BCUT2D eigenvalue weighted by molar-refractivity contribution is -0.118. The Kier molecular flexibility index (Phi) is 6.71. The fourth-order valence-corrected chi connectivity index (χ4v) is 4.47. The minimum atomic E-state index is 0.0441. The summed E-state index contributed by atoms with van der Waals surface area (Å²) in [4.78, 5) is 14.7. The summed E-state index contributed by atoms with van der Waals surface area (Å²) in [6.45, 7) is 5.95. The summed E-state index contributed by atoms with van der Waals surface area (Å²) in [5.41, 5.74) is 1.27. The van der Waals surface area contributed by atoms with Crippen molar-refractivity contribution in [1.29, 1.82) is 0 Å². The first-order valence-corrected chi connectivity index (χ1v) is 11.5. The summed E-state index contributed by atoms with van der Waals surface area (Å²) in [7, 11) is 0. The number of nitrogens with zero attached hydrogens (tertiary/aromatic N) is 4. The molecule has 2 fully saturated rings. The van der Waals surface area contributed by atoms with Crippen LogP contribution in [0.5, 0.6) is 0 Å². The number of anilines is 1. The van der Waals surface area contributed by atoms with Crippen molar-refractivity contribution in [2.75, 3.05) is 43.5 Å². The molecule has 0 spiro atoms. The molecule has 2 aliphatic rings. The van der Waals surface area contributed by atoms with E-state index < -0.39 is 0 Å². The van der Waals surface area contributed by atoms with Gasteiger partial charge in [0, 0.05) is 31.6 Å². The number of rotatable bonds is 9. The maximum atomic E-state index is 12.5. The third-order valence-electron chi connectivity index (χ3n) is 5.49. The van der Waals surface area contributed by atoms with Gasteiger partial charge in [0.25, 0.3) is 0 Å². The van der Waals surface area contributed by atoms with Gasteiger partial charge in [0.1, 0.15) is 0 Å². The van der Waals surface area contributed by atoms with E-state index in [0.717, 1.165) is 56.7 Å². The average molecular weight is 416 g/mol. The maximum Gasteiger partial charge on any atom is 0.230 e. The van der Waals surface area contributed by atoms with E-state index in [4.69, 9.17) is 4.74 Å². The monoisotopic (exact) mass is 415 g/mol. The Morgan fingerprint density at radius 3 is 2.69 bits per heavy atom. The lowest BCUT2D eigenvalue weighted by Gasteiger charge is -2.27. The number of morpholine rings is 1. The Hall–Kier alpha value is -2.06. The standard InChI is InChI=1S/C21H29N5O2S/c1-2-16(17-6-4-3-5-7-17)14-22-19(27)15-29-21-24-23-20(26(21)18-8-9-18)25-10-12-28-13-11-25/h3-7,16,18H,2,8-15H2,1H3,(H,22,27).